The van der Waals surface area contributed by atoms with Crippen molar-refractivity contribution in [2.75, 3.05) is 33.3 Å². The molecule has 52 heavy (non-hydrogen) atoms. The summed E-state index contributed by atoms with van der Waals surface area (Å²) in [6.07, 6.45) is 6.60. The zero-order valence-electron chi connectivity index (χ0n) is 31.2. The Hall–Kier alpha value is -4.97. The molecule has 0 unspecified atom stereocenters. The maximum Gasteiger partial charge on any atom is 0.407 e. The van der Waals surface area contributed by atoms with Gasteiger partial charge in [-0.2, -0.15) is 0 Å². The van der Waals surface area contributed by atoms with E-state index in [1.165, 1.54) is 7.11 Å². The molecule has 12 heteroatoms. The maximum atomic E-state index is 13.8. The fourth-order valence-corrected chi connectivity index (χ4v) is 7.82. The molecule has 3 amide bonds. The minimum absolute atomic E-state index is 0.0413. The minimum Gasteiger partial charge on any atom is -0.453 e. The summed E-state index contributed by atoms with van der Waals surface area (Å²) in [5, 5.41) is 2.57. The second-order valence-electron chi connectivity index (χ2n) is 14.2. The summed E-state index contributed by atoms with van der Waals surface area (Å²) >= 11 is 0. The van der Waals surface area contributed by atoms with Crippen LogP contribution in [-0.4, -0.2) is 97.9 Å². The van der Waals surface area contributed by atoms with Crippen LogP contribution < -0.4 is 5.32 Å². The van der Waals surface area contributed by atoms with Gasteiger partial charge in [-0.25, -0.2) is 14.8 Å². The molecule has 4 aromatic rings. The molecule has 276 valence electrons. The SMILES string of the molecule is CCN(CC)[C@@H](C(=O)N1CCC[C@H]1c1ncc(-c2ccc(-c3ccc(-c4cnc([C@@H]5CCCN5C(=O)[C@H](C)NC(=O)OC)[nH]4)cc3)cc2)[nH]1)C(C)C. The van der Waals surface area contributed by atoms with Crippen LogP contribution in [0.3, 0.4) is 0 Å². The molecule has 3 N–H and O–H groups in total. The fourth-order valence-electron chi connectivity index (χ4n) is 7.82. The normalized spacial score (nSPS) is 18.6. The number of benzene rings is 2. The number of hydrogen-bond donors (Lipinski definition) is 3. The van der Waals surface area contributed by atoms with Gasteiger partial charge in [0, 0.05) is 13.1 Å². The highest BCUT2D eigenvalue weighted by atomic mass is 16.5. The van der Waals surface area contributed by atoms with Crippen LogP contribution >= 0.6 is 0 Å². The monoisotopic (exact) mass is 708 g/mol. The summed E-state index contributed by atoms with van der Waals surface area (Å²) in [6, 6.07) is 15.7. The van der Waals surface area contributed by atoms with Gasteiger partial charge in [-0.3, -0.25) is 14.5 Å². The highest BCUT2D eigenvalue weighted by molar-refractivity contribution is 5.86. The van der Waals surface area contributed by atoms with Crippen LogP contribution in [0, 0.1) is 5.92 Å². The average Bonchev–Trinajstić information content (AvgIpc) is 3.99. The van der Waals surface area contributed by atoms with E-state index >= 15 is 0 Å². The molecule has 2 saturated heterocycles. The van der Waals surface area contributed by atoms with E-state index in [1.54, 1.807) is 11.8 Å². The largest absolute Gasteiger partial charge is 0.453 e. The highest BCUT2D eigenvalue weighted by Gasteiger charge is 2.38. The molecule has 0 radical (unpaired) electrons. The summed E-state index contributed by atoms with van der Waals surface area (Å²) < 4.78 is 4.65. The van der Waals surface area contributed by atoms with Gasteiger partial charge < -0.3 is 29.8 Å². The first kappa shape index (κ1) is 36.8. The number of nitrogens with one attached hydrogen (secondary N) is 3. The number of amides is 3. The number of hydrogen-bond acceptors (Lipinski definition) is 7. The molecule has 12 nitrogen and oxygen atoms in total. The molecular weight excluding hydrogens is 656 g/mol. The zero-order valence-corrected chi connectivity index (χ0v) is 31.2. The van der Waals surface area contributed by atoms with Gasteiger partial charge in [0.25, 0.3) is 0 Å². The Morgan fingerprint density at radius 2 is 1.21 bits per heavy atom. The number of carbonyl (C=O) groups excluding carboxylic acids is 3. The van der Waals surface area contributed by atoms with E-state index in [2.05, 4.69) is 106 Å². The Kier molecular flexibility index (Phi) is 11.4. The van der Waals surface area contributed by atoms with E-state index in [0.29, 0.717) is 6.54 Å². The third-order valence-electron chi connectivity index (χ3n) is 10.6. The van der Waals surface area contributed by atoms with Crippen molar-refractivity contribution >= 4 is 17.9 Å². The molecule has 0 aliphatic carbocycles. The first-order valence-corrected chi connectivity index (χ1v) is 18.6. The van der Waals surface area contributed by atoms with E-state index in [4.69, 9.17) is 4.98 Å². The minimum atomic E-state index is -0.693. The number of imidazole rings is 2. The number of aromatic amines is 2. The van der Waals surface area contributed by atoms with E-state index < -0.39 is 12.1 Å². The Balaban J connectivity index is 1.10. The van der Waals surface area contributed by atoms with Crippen LogP contribution in [0.5, 0.6) is 0 Å². The Labute approximate surface area is 306 Å². The summed E-state index contributed by atoms with van der Waals surface area (Å²) in [5.74, 6) is 1.86. The standard InChI is InChI=1S/C40H52N8O4/c1-7-46(8-2)35(25(3)4)39(50)48-22-10-12-34(48)37-42-24-32(45-37)30-19-15-28(16-20-30)27-13-17-29(18-14-27)31-23-41-36(44-31)33-11-9-21-47(33)38(49)26(5)43-40(51)52-6/h13-20,23-26,33-35H,7-12,21-22H2,1-6H3,(H,41,44)(H,42,45)(H,43,51)/t26-,33-,34-,35+/m0/s1. The van der Waals surface area contributed by atoms with Crippen molar-refractivity contribution in [3.05, 3.63) is 72.6 Å². The lowest BCUT2D eigenvalue weighted by molar-refractivity contribution is -0.139. The molecule has 0 saturated carbocycles. The molecule has 4 atom stereocenters. The summed E-state index contributed by atoms with van der Waals surface area (Å²) in [6.45, 7) is 13.3. The van der Waals surface area contributed by atoms with E-state index in [-0.39, 0.29) is 35.9 Å². The number of carbonyl (C=O) groups is 3. The molecule has 6 rings (SSSR count). The van der Waals surface area contributed by atoms with Crippen molar-refractivity contribution in [1.82, 2.24) is 40.0 Å². The third-order valence-corrected chi connectivity index (χ3v) is 10.6. The van der Waals surface area contributed by atoms with Gasteiger partial charge in [-0.1, -0.05) is 76.2 Å². The van der Waals surface area contributed by atoms with E-state index in [1.807, 2.05) is 17.3 Å². The molecule has 2 aliphatic rings. The van der Waals surface area contributed by atoms with Gasteiger partial charge in [-0.05, 0) is 73.9 Å². The number of aromatic nitrogens is 4. The second kappa shape index (κ2) is 16.1. The number of H-pyrrole nitrogens is 2. The number of methoxy groups -OCH3 is 1. The average molecular weight is 709 g/mol. The summed E-state index contributed by atoms with van der Waals surface area (Å²) in [5.41, 5.74) is 6.04. The molecular formula is C40H52N8O4. The Morgan fingerprint density at radius 1 is 0.769 bits per heavy atom. The van der Waals surface area contributed by atoms with Crippen molar-refractivity contribution in [1.29, 1.82) is 0 Å². The lowest BCUT2D eigenvalue weighted by atomic mass is 10.00. The van der Waals surface area contributed by atoms with Crippen molar-refractivity contribution < 1.29 is 19.1 Å². The lowest BCUT2D eigenvalue weighted by Gasteiger charge is -2.36. The quantitative estimate of drug-likeness (QED) is 0.151. The Morgan fingerprint density at radius 3 is 1.63 bits per heavy atom. The molecule has 0 spiro atoms. The van der Waals surface area contributed by atoms with Gasteiger partial charge in [0.2, 0.25) is 11.8 Å². The number of likely N-dealkylation sites (N-methyl/N-ethyl adjacent to an activating group) is 1. The summed E-state index contributed by atoms with van der Waals surface area (Å²) in [4.78, 5) is 61.0. The first-order valence-electron chi connectivity index (χ1n) is 18.6. The second-order valence-corrected chi connectivity index (χ2v) is 14.2. The van der Waals surface area contributed by atoms with Gasteiger partial charge in [-0.15, -0.1) is 0 Å². The molecule has 2 fully saturated rings. The Bertz CT molecular complexity index is 1830. The topological polar surface area (TPSA) is 140 Å². The van der Waals surface area contributed by atoms with Crippen LogP contribution in [0.1, 0.15) is 84.0 Å². The van der Waals surface area contributed by atoms with Crippen molar-refractivity contribution in [3.8, 4) is 33.6 Å². The smallest absolute Gasteiger partial charge is 0.407 e. The maximum absolute atomic E-state index is 13.8. The van der Waals surface area contributed by atoms with Crippen LogP contribution in [0.25, 0.3) is 33.6 Å². The number of rotatable bonds is 12. The van der Waals surface area contributed by atoms with Crippen LogP contribution in [0.2, 0.25) is 0 Å². The predicted molar refractivity (Wildman–Crippen MR) is 201 cm³/mol. The van der Waals surface area contributed by atoms with Crippen LogP contribution in [0.4, 0.5) is 4.79 Å². The van der Waals surface area contributed by atoms with Crippen LogP contribution in [0.15, 0.2) is 60.9 Å². The van der Waals surface area contributed by atoms with E-state index in [9.17, 15) is 14.4 Å². The number of likely N-dealkylation sites (tertiary alicyclic amines) is 2. The van der Waals surface area contributed by atoms with Gasteiger partial charge in [0.05, 0.1) is 49.0 Å². The van der Waals surface area contributed by atoms with Crippen molar-refractivity contribution in [2.24, 2.45) is 5.92 Å². The molecule has 0 bridgehead atoms. The van der Waals surface area contributed by atoms with Crippen molar-refractivity contribution in [2.45, 2.75) is 84.5 Å². The zero-order chi connectivity index (χ0) is 36.9. The highest BCUT2D eigenvalue weighted by Crippen LogP contribution is 2.35. The van der Waals surface area contributed by atoms with Gasteiger partial charge in [0.1, 0.15) is 17.7 Å². The number of nitrogens with zero attached hydrogens (tertiary/aromatic N) is 5. The van der Waals surface area contributed by atoms with Crippen LogP contribution in [-0.2, 0) is 14.3 Å². The lowest BCUT2D eigenvalue weighted by Crippen LogP contribution is -2.51. The summed E-state index contributed by atoms with van der Waals surface area (Å²) in [7, 11) is 1.28. The predicted octanol–water partition coefficient (Wildman–Crippen LogP) is 6.57. The number of alkyl carbamates (subject to hydrolysis) is 1. The number of ether oxygens (including phenoxy) is 1. The first-order chi connectivity index (χ1) is 25.1. The van der Waals surface area contributed by atoms with E-state index in [0.717, 1.165) is 90.6 Å². The molecule has 2 aromatic heterocycles. The molecule has 4 heterocycles. The molecule has 2 aliphatic heterocycles. The molecule has 2 aromatic carbocycles. The van der Waals surface area contributed by atoms with Gasteiger partial charge in [0.15, 0.2) is 0 Å². The van der Waals surface area contributed by atoms with Gasteiger partial charge >= 0.3 is 6.09 Å². The van der Waals surface area contributed by atoms with Crippen molar-refractivity contribution in [3.63, 3.8) is 0 Å². The third kappa shape index (κ3) is 7.62. The fraction of sp³-hybridized carbons (Fsp3) is 0.475.